The van der Waals surface area contributed by atoms with Crippen molar-refractivity contribution in [3.8, 4) is 11.1 Å². The molecule has 1 aliphatic rings. The van der Waals surface area contributed by atoms with Crippen LogP contribution in [0.4, 0.5) is 4.39 Å². The monoisotopic (exact) mass is 335 g/mol. The quantitative estimate of drug-likeness (QED) is 0.659. The van der Waals surface area contributed by atoms with Crippen LogP contribution in [0, 0.1) is 5.95 Å². The molecule has 0 spiro atoms. The van der Waals surface area contributed by atoms with E-state index in [-0.39, 0.29) is 0 Å². The second kappa shape index (κ2) is 6.89. The number of pyridine rings is 2. The number of fused-ring (bicyclic) bond motifs is 1. The van der Waals surface area contributed by atoms with Gasteiger partial charge in [-0.25, -0.2) is 4.98 Å². The second-order valence-corrected chi connectivity index (χ2v) is 6.88. The number of hydrogen-bond acceptors (Lipinski definition) is 3. The van der Waals surface area contributed by atoms with E-state index in [4.69, 9.17) is 0 Å². The van der Waals surface area contributed by atoms with Gasteiger partial charge in [-0.3, -0.25) is 4.98 Å². The molecule has 4 rings (SSSR count). The molecule has 0 aliphatic carbocycles. The molecule has 0 amide bonds. The average Bonchev–Trinajstić information content (AvgIpc) is 3.05. The van der Waals surface area contributed by atoms with E-state index in [0.717, 1.165) is 35.2 Å². The van der Waals surface area contributed by atoms with Crippen LogP contribution in [0.25, 0.3) is 21.9 Å². The summed E-state index contributed by atoms with van der Waals surface area (Å²) in [5.41, 5.74) is 3.08. The fourth-order valence-electron chi connectivity index (χ4n) is 3.63. The molecule has 1 atom stereocenters. The Morgan fingerprint density at radius 3 is 2.68 bits per heavy atom. The van der Waals surface area contributed by atoms with Crippen LogP contribution in [-0.4, -0.2) is 34.0 Å². The molecule has 1 aliphatic heterocycles. The fraction of sp³-hybridized carbons (Fsp3) is 0.333. The number of hydrogen-bond donors (Lipinski definition) is 0. The molecular formula is C21H22FN3. The lowest BCUT2D eigenvalue weighted by molar-refractivity contribution is 0.271. The Morgan fingerprint density at radius 2 is 1.92 bits per heavy atom. The Hall–Kier alpha value is -2.33. The van der Waals surface area contributed by atoms with E-state index in [1.807, 2.05) is 6.20 Å². The third-order valence-electron chi connectivity index (χ3n) is 5.18. The Balaban J connectivity index is 1.53. The molecule has 3 aromatic rings. The van der Waals surface area contributed by atoms with Crippen molar-refractivity contribution in [2.45, 2.75) is 32.2 Å². The summed E-state index contributed by atoms with van der Waals surface area (Å²) in [6, 6.07) is 12.3. The van der Waals surface area contributed by atoms with E-state index in [1.54, 1.807) is 12.3 Å². The van der Waals surface area contributed by atoms with E-state index in [1.165, 1.54) is 30.8 Å². The molecule has 1 aromatic carbocycles. The van der Waals surface area contributed by atoms with E-state index < -0.39 is 5.95 Å². The minimum Gasteiger partial charge on any atom is -0.300 e. The van der Waals surface area contributed by atoms with Gasteiger partial charge in [0.05, 0.1) is 0 Å². The summed E-state index contributed by atoms with van der Waals surface area (Å²) in [4.78, 5) is 10.9. The molecule has 4 heteroatoms. The summed E-state index contributed by atoms with van der Waals surface area (Å²) < 4.78 is 13.0. The van der Waals surface area contributed by atoms with Gasteiger partial charge in [0.25, 0.3) is 0 Å². The summed E-state index contributed by atoms with van der Waals surface area (Å²) in [6.07, 6.45) is 7.12. The lowest BCUT2D eigenvalue weighted by Gasteiger charge is -2.20. The zero-order valence-corrected chi connectivity index (χ0v) is 14.5. The van der Waals surface area contributed by atoms with Crippen LogP contribution in [0.3, 0.4) is 0 Å². The van der Waals surface area contributed by atoms with E-state index >= 15 is 0 Å². The first kappa shape index (κ1) is 16.2. The molecule has 0 radical (unpaired) electrons. The summed E-state index contributed by atoms with van der Waals surface area (Å²) in [5, 5.41) is 2.29. The van der Waals surface area contributed by atoms with E-state index in [0.29, 0.717) is 6.04 Å². The Kier molecular flexibility index (Phi) is 4.45. The highest BCUT2D eigenvalue weighted by Crippen LogP contribution is 2.24. The average molecular weight is 335 g/mol. The summed E-state index contributed by atoms with van der Waals surface area (Å²) in [7, 11) is 0. The molecule has 3 heterocycles. The van der Waals surface area contributed by atoms with Crippen molar-refractivity contribution < 1.29 is 4.39 Å². The smallest absolute Gasteiger partial charge is 0.212 e. The molecule has 2 aromatic heterocycles. The molecule has 0 saturated carbocycles. The highest BCUT2D eigenvalue weighted by molar-refractivity contribution is 5.86. The molecule has 3 nitrogen and oxygen atoms in total. The predicted octanol–water partition coefficient (Wildman–Crippen LogP) is 4.46. The minimum atomic E-state index is -0.455. The topological polar surface area (TPSA) is 29.0 Å². The molecule has 1 fully saturated rings. The lowest BCUT2D eigenvalue weighted by Crippen LogP contribution is -2.29. The van der Waals surface area contributed by atoms with Crippen LogP contribution in [0.5, 0.6) is 0 Å². The van der Waals surface area contributed by atoms with E-state index in [2.05, 4.69) is 46.1 Å². The van der Waals surface area contributed by atoms with Gasteiger partial charge < -0.3 is 4.90 Å². The van der Waals surface area contributed by atoms with Gasteiger partial charge in [-0.1, -0.05) is 12.1 Å². The first-order valence-corrected chi connectivity index (χ1v) is 8.94. The molecular weight excluding hydrogens is 313 g/mol. The minimum absolute atomic E-state index is 0.455. The van der Waals surface area contributed by atoms with Crippen molar-refractivity contribution in [2.75, 3.05) is 13.1 Å². The Labute approximate surface area is 147 Å². The molecule has 0 bridgehead atoms. The first-order valence-electron chi connectivity index (χ1n) is 8.94. The molecule has 1 saturated heterocycles. The highest BCUT2D eigenvalue weighted by Gasteiger charge is 2.19. The number of benzene rings is 1. The maximum atomic E-state index is 13.0. The van der Waals surface area contributed by atoms with Gasteiger partial charge in [0, 0.05) is 48.0 Å². The predicted molar refractivity (Wildman–Crippen MR) is 98.9 cm³/mol. The van der Waals surface area contributed by atoms with Gasteiger partial charge in [0.1, 0.15) is 0 Å². The van der Waals surface area contributed by atoms with Crippen molar-refractivity contribution >= 4 is 10.8 Å². The maximum absolute atomic E-state index is 13.0. The maximum Gasteiger partial charge on any atom is 0.212 e. The number of nitrogens with zero attached hydrogens (tertiary/aromatic N) is 3. The summed E-state index contributed by atoms with van der Waals surface area (Å²) in [6.45, 7) is 4.61. The number of halogens is 1. The van der Waals surface area contributed by atoms with Crippen molar-refractivity contribution in [2.24, 2.45) is 0 Å². The van der Waals surface area contributed by atoms with Crippen LogP contribution >= 0.6 is 0 Å². The summed E-state index contributed by atoms with van der Waals surface area (Å²) in [5.74, 6) is -0.455. The molecule has 0 unspecified atom stereocenters. The van der Waals surface area contributed by atoms with Crippen LogP contribution in [0.15, 0.2) is 48.8 Å². The SMILES string of the molecule is C[C@@H]1CCCN1CCc1cc2ccc(-c3ccc(F)nc3)cc2cn1. The molecule has 128 valence electrons. The van der Waals surface area contributed by atoms with Crippen molar-refractivity contribution in [3.63, 3.8) is 0 Å². The fourth-order valence-corrected chi connectivity index (χ4v) is 3.63. The van der Waals surface area contributed by atoms with Gasteiger partial charge in [0.15, 0.2) is 0 Å². The first-order chi connectivity index (χ1) is 12.2. The third kappa shape index (κ3) is 3.54. The number of aromatic nitrogens is 2. The van der Waals surface area contributed by atoms with Crippen molar-refractivity contribution in [1.29, 1.82) is 0 Å². The normalized spacial score (nSPS) is 18.1. The zero-order valence-electron chi connectivity index (χ0n) is 14.5. The van der Waals surface area contributed by atoms with Crippen molar-refractivity contribution in [1.82, 2.24) is 14.9 Å². The Morgan fingerprint density at radius 1 is 1.04 bits per heavy atom. The Bertz CT molecular complexity index is 876. The van der Waals surface area contributed by atoms with Gasteiger partial charge in [0.2, 0.25) is 5.95 Å². The number of rotatable bonds is 4. The largest absolute Gasteiger partial charge is 0.300 e. The highest BCUT2D eigenvalue weighted by atomic mass is 19.1. The lowest BCUT2D eigenvalue weighted by atomic mass is 10.0. The van der Waals surface area contributed by atoms with Crippen LogP contribution in [-0.2, 0) is 6.42 Å². The van der Waals surface area contributed by atoms with E-state index in [9.17, 15) is 4.39 Å². The third-order valence-corrected chi connectivity index (χ3v) is 5.18. The van der Waals surface area contributed by atoms with Gasteiger partial charge in [-0.15, -0.1) is 0 Å². The zero-order chi connectivity index (χ0) is 17.2. The van der Waals surface area contributed by atoms with Crippen LogP contribution < -0.4 is 0 Å². The molecule has 25 heavy (non-hydrogen) atoms. The standard InChI is InChI=1S/C21H22FN3/c1-15-3-2-9-25(15)10-8-20-12-17-5-4-16(11-19(17)14-23-20)18-6-7-21(22)24-13-18/h4-7,11-15H,2-3,8-10H2,1H3/t15-/m1/s1. The van der Waals surface area contributed by atoms with Crippen LogP contribution in [0.2, 0.25) is 0 Å². The summed E-state index contributed by atoms with van der Waals surface area (Å²) >= 11 is 0. The van der Waals surface area contributed by atoms with Gasteiger partial charge in [-0.2, -0.15) is 4.39 Å². The second-order valence-electron chi connectivity index (χ2n) is 6.88. The van der Waals surface area contributed by atoms with Gasteiger partial charge in [-0.05, 0) is 61.5 Å². The number of likely N-dealkylation sites (tertiary alicyclic amines) is 1. The molecule has 0 N–H and O–H groups in total. The van der Waals surface area contributed by atoms with Crippen molar-refractivity contribution in [3.05, 3.63) is 60.4 Å². The van der Waals surface area contributed by atoms with Gasteiger partial charge >= 0.3 is 0 Å². The van der Waals surface area contributed by atoms with Crippen LogP contribution in [0.1, 0.15) is 25.5 Å².